The Morgan fingerprint density at radius 2 is 1.27 bits per heavy atom. The normalized spacial score (nSPS) is 11.8. The minimum Gasteiger partial charge on any atom is -0.494 e. The van der Waals surface area contributed by atoms with Crippen molar-refractivity contribution >= 4 is 5.97 Å². The van der Waals surface area contributed by atoms with Gasteiger partial charge in [0, 0.05) is 29.9 Å². The molecule has 0 N–H and O–H groups in total. The van der Waals surface area contributed by atoms with Crippen LogP contribution in [0.25, 0.3) is 22.5 Å². The van der Waals surface area contributed by atoms with Gasteiger partial charge in [0.25, 0.3) is 0 Å². The molecule has 0 radical (unpaired) electrons. The molecule has 0 bridgehead atoms. The van der Waals surface area contributed by atoms with Gasteiger partial charge in [0.2, 0.25) is 0 Å². The molecule has 5 nitrogen and oxygen atoms in total. The number of hydrogen-bond acceptors (Lipinski definition) is 5. The van der Waals surface area contributed by atoms with Crippen LogP contribution in [-0.2, 0) is 4.79 Å². The van der Waals surface area contributed by atoms with E-state index in [9.17, 15) is 4.79 Å². The third kappa shape index (κ3) is 12.5. The van der Waals surface area contributed by atoms with Crippen LogP contribution >= 0.6 is 0 Å². The molecule has 5 heteroatoms. The topological polar surface area (TPSA) is 61.3 Å². The molecule has 0 saturated heterocycles. The second-order valence-electron chi connectivity index (χ2n) is 11.3. The first-order chi connectivity index (χ1) is 20.1. The van der Waals surface area contributed by atoms with Crippen molar-refractivity contribution in [2.45, 2.75) is 111 Å². The highest BCUT2D eigenvalue weighted by Crippen LogP contribution is 2.25. The summed E-state index contributed by atoms with van der Waals surface area (Å²) < 4.78 is 11.4. The molecule has 3 rings (SSSR count). The number of hydrogen-bond donors (Lipinski definition) is 0. The van der Waals surface area contributed by atoms with E-state index in [0.29, 0.717) is 18.0 Å². The first kappa shape index (κ1) is 32.3. The fourth-order valence-corrected chi connectivity index (χ4v) is 4.79. The number of carbonyl (C=O) groups excluding carboxylic acids is 1. The molecule has 0 saturated carbocycles. The zero-order valence-electron chi connectivity index (χ0n) is 25.6. The fraction of sp³-hybridized carbons (Fsp3) is 0.528. The van der Waals surface area contributed by atoms with E-state index in [0.717, 1.165) is 54.2 Å². The predicted octanol–water partition coefficient (Wildman–Crippen LogP) is 10.2. The van der Waals surface area contributed by atoms with Gasteiger partial charge >= 0.3 is 5.97 Å². The summed E-state index contributed by atoms with van der Waals surface area (Å²) in [5.74, 6) is 2.77. The molecule has 0 aliphatic rings. The minimum atomic E-state index is -0.165. The highest BCUT2D eigenvalue weighted by molar-refractivity contribution is 5.73. The average molecular weight is 559 g/mol. The smallest absolute Gasteiger partial charge is 0.311 e. The van der Waals surface area contributed by atoms with Gasteiger partial charge in [-0.05, 0) is 60.7 Å². The van der Waals surface area contributed by atoms with Crippen LogP contribution in [0, 0.1) is 5.92 Å². The zero-order valence-corrected chi connectivity index (χ0v) is 25.6. The SMILES string of the molecule is CCCCCCCCCOc1ccc(-c2ncc(-c3ccc(OC(=O)CCCCCCC(C)CC)cc3)cn2)cc1. The second kappa shape index (κ2) is 19.0. The van der Waals surface area contributed by atoms with Gasteiger partial charge in [-0.15, -0.1) is 0 Å². The van der Waals surface area contributed by atoms with Gasteiger partial charge in [0.05, 0.1) is 6.61 Å². The lowest BCUT2D eigenvalue weighted by atomic mass is 10.0. The van der Waals surface area contributed by atoms with Crippen molar-refractivity contribution in [3.8, 4) is 34.0 Å². The van der Waals surface area contributed by atoms with Crippen LogP contribution in [0.5, 0.6) is 11.5 Å². The van der Waals surface area contributed by atoms with E-state index < -0.39 is 0 Å². The van der Waals surface area contributed by atoms with Crippen molar-refractivity contribution in [2.24, 2.45) is 5.92 Å². The van der Waals surface area contributed by atoms with Gasteiger partial charge in [0.1, 0.15) is 11.5 Å². The summed E-state index contributed by atoms with van der Waals surface area (Å²) in [5, 5.41) is 0. The third-order valence-electron chi connectivity index (χ3n) is 7.73. The Balaban J connectivity index is 1.38. The van der Waals surface area contributed by atoms with Crippen LogP contribution in [0.2, 0.25) is 0 Å². The molecule has 222 valence electrons. The number of unbranched alkanes of at least 4 members (excludes halogenated alkanes) is 9. The maximum absolute atomic E-state index is 12.2. The first-order valence-electron chi connectivity index (χ1n) is 16.0. The summed E-state index contributed by atoms with van der Waals surface area (Å²) in [5.41, 5.74) is 2.85. The Morgan fingerprint density at radius 1 is 0.683 bits per heavy atom. The summed E-state index contributed by atoms with van der Waals surface area (Å²) in [6.07, 6.45) is 20.0. The van der Waals surface area contributed by atoms with Crippen LogP contribution in [0.3, 0.4) is 0 Å². The maximum Gasteiger partial charge on any atom is 0.311 e. The molecule has 0 spiro atoms. The van der Waals surface area contributed by atoms with Gasteiger partial charge in [-0.25, -0.2) is 9.97 Å². The monoisotopic (exact) mass is 558 g/mol. The summed E-state index contributed by atoms with van der Waals surface area (Å²) in [6.45, 7) is 7.56. The predicted molar refractivity (Wildman–Crippen MR) is 169 cm³/mol. The summed E-state index contributed by atoms with van der Waals surface area (Å²) in [4.78, 5) is 21.4. The van der Waals surface area contributed by atoms with Crippen molar-refractivity contribution in [1.82, 2.24) is 9.97 Å². The van der Waals surface area contributed by atoms with Crippen LogP contribution in [0.4, 0.5) is 0 Å². The van der Waals surface area contributed by atoms with Crippen molar-refractivity contribution in [3.05, 3.63) is 60.9 Å². The Kier molecular flexibility index (Phi) is 15.0. The molecule has 0 amide bonds. The molecule has 0 aliphatic heterocycles. The molecule has 1 unspecified atom stereocenters. The van der Waals surface area contributed by atoms with Crippen LogP contribution in [0.15, 0.2) is 60.9 Å². The van der Waals surface area contributed by atoms with Crippen LogP contribution < -0.4 is 9.47 Å². The van der Waals surface area contributed by atoms with Crippen LogP contribution in [0.1, 0.15) is 111 Å². The van der Waals surface area contributed by atoms with Crippen molar-refractivity contribution < 1.29 is 14.3 Å². The zero-order chi connectivity index (χ0) is 29.1. The maximum atomic E-state index is 12.2. The largest absolute Gasteiger partial charge is 0.494 e. The molecule has 41 heavy (non-hydrogen) atoms. The van der Waals surface area contributed by atoms with E-state index in [2.05, 4.69) is 30.7 Å². The van der Waals surface area contributed by atoms with Gasteiger partial charge in [-0.3, -0.25) is 4.79 Å². The van der Waals surface area contributed by atoms with E-state index in [4.69, 9.17) is 9.47 Å². The van der Waals surface area contributed by atoms with Gasteiger partial charge in [-0.2, -0.15) is 0 Å². The quantitative estimate of drug-likeness (QED) is 0.0784. The number of rotatable bonds is 20. The summed E-state index contributed by atoms with van der Waals surface area (Å²) >= 11 is 0. The highest BCUT2D eigenvalue weighted by atomic mass is 16.5. The number of benzene rings is 2. The molecular formula is C36H50N2O3. The van der Waals surface area contributed by atoms with Crippen molar-refractivity contribution in [1.29, 1.82) is 0 Å². The van der Waals surface area contributed by atoms with E-state index in [-0.39, 0.29) is 5.97 Å². The van der Waals surface area contributed by atoms with E-state index in [1.165, 1.54) is 64.2 Å². The molecule has 1 aromatic heterocycles. The van der Waals surface area contributed by atoms with E-state index in [1.54, 1.807) is 0 Å². The lowest BCUT2D eigenvalue weighted by Crippen LogP contribution is -2.07. The van der Waals surface area contributed by atoms with Crippen LogP contribution in [-0.4, -0.2) is 22.5 Å². The molecule has 1 heterocycles. The summed E-state index contributed by atoms with van der Waals surface area (Å²) in [6, 6.07) is 15.5. The highest BCUT2D eigenvalue weighted by Gasteiger charge is 2.08. The number of nitrogens with zero attached hydrogens (tertiary/aromatic N) is 2. The Hall–Kier alpha value is -3.21. The molecule has 3 aromatic rings. The number of aromatic nitrogens is 2. The molecule has 2 aromatic carbocycles. The van der Waals surface area contributed by atoms with Crippen molar-refractivity contribution in [3.63, 3.8) is 0 Å². The average Bonchev–Trinajstić information content (AvgIpc) is 3.01. The van der Waals surface area contributed by atoms with Gasteiger partial charge in [-0.1, -0.05) is 104 Å². The lowest BCUT2D eigenvalue weighted by molar-refractivity contribution is -0.134. The van der Waals surface area contributed by atoms with E-state index in [1.807, 2.05) is 60.9 Å². The first-order valence-corrected chi connectivity index (χ1v) is 16.0. The summed E-state index contributed by atoms with van der Waals surface area (Å²) in [7, 11) is 0. The minimum absolute atomic E-state index is 0.165. The number of ether oxygens (including phenoxy) is 2. The standard InChI is InChI=1S/C36H50N2O3/c1-4-6-7-8-9-12-15-26-40-33-22-20-31(21-23-33)36-37-27-32(28-38-36)30-18-24-34(25-19-30)41-35(39)17-14-11-10-13-16-29(3)5-2/h18-25,27-29H,4-17,26H2,1-3H3. The van der Waals surface area contributed by atoms with Gasteiger partial charge < -0.3 is 9.47 Å². The Bertz CT molecular complexity index is 1110. The molecular weight excluding hydrogens is 508 g/mol. The second-order valence-corrected chi connectivity index (χ2v) is 11.3. The number of esters is 1. The Morgan fingerprint density at radius 3 is 1.95 bits per heavy atom. The van der Waals surface area contributed by atoms with Gasteiger partial charge in [0.15, 0.2) is 5.82 Å². The number of carbonyl (C=O) groups is 1. The lowest BCUT2D eigenvalue weighted by Gasteiger charge is -2.08. The molecule has 0 aliphatic carbocycles. The van der Waals surface area contributed by atoms with E-state index >= 15 is 0 Å². The molecule has 0 fully saturated rings. The third-order valence-corrected chi connectivity index (χ3v) is 7.73. The fourth-order valence-electron chi connectivity index (χ4n) is 4.79. The molecule has 1 atom stereocenters. The Labute approximate surface area is 248 Å². The van der Waals surface area contributed by atoms with Crippen molar-refractivity contribution in [2.75, 3.05) is 6.61 Å².